The summed E-state index contributed by atoms with van der Waals surface area (Å²) in [5, 5.41) is 0. The summed E-state index contributed by atoms with van der Waals surface area (Å²) in [6, 6.07) is 4.65. The second-order valence-electron chi connectivity index (χ2n) is 5.12. The van der Waals surface area contributed by atoms with E-state index in [1.807, 2.05) is 6.92 Å². The van der Waals surface area contributed by atoms with Gasteiger partial charge in [-0.1, -0.05) is 0 Å². The topological polar surface area (TPSA) is 28.6 Å². The summed E-state index contributed by atoms with van der Waals surface area (Å²) in [5.74, 6) is 0.804. The first-order valence-electron chi connectivity index (χ1n) is 6.24. The van der Waals surface area contributed by atoms with Gasteiger partial charge in [0, 0.05) is 25.3 Å². The van der Waals surface area contributed by atoms with Gasteiger partial charge in [0.05, 0.1) is 6.04 Å². The molecule has 1 aromatic rings. The molecule has 3 heterocycles. The molecule has 0 saturated carbocycles. The van der Waals surface area contributed by atoms with Crippen LogP contribution in [0.5, 0.6) is 5.88 Å². The molecule has 4 heteroatoms. The summed E-state index contributed by atoms with van der Waals surface area (Å²) in [6.45, 7) is 7.38. The Morgan fingerprint density at radius 2 is 2.18 bits per heavy atom. The highest BCUT2D eigenvalue weighted by Gasteiger charge is 2.37. The van der Waals surface area contributed by atoms with E-state index in [0.29, 0.717) is 6.04 Å². The van der Waals surface area contributed by atoms with Gasteiger partial charge < -0.3 is 14.5 Å². The number of hydrogen-bond acceptors (Lipinski definition) is 4. The Hall–Kier alpha value is -1.29. The van der Waals surface area contributed by atoms with Crippen molar-refractivity contribution in [3.05, 3.63) is 17.8 Å². The molecule has 0 radical (unpaired) electrons. The van der Waals surface area contributed by atoms with Crippen molar-refractivity contribution in [2.24, 2.45) is 0 Å². The number of ether oxygens (including phenoxy) is 1. The average Bonchev–Trinajstić information content (AvgIpc) is 2.29. The number of pyridine rings is 1. The molecule has 0 N–H and O–H groups in total. The Labute approximate surface area is 102 Å². The second-order valence-corrected chi connectivity index (χ2v) is 5.12. The van der Waals surface area contributed by atoms with Crippen molar-refractivity contribution in [2.45, 2.75) is 26.0 Å². The predicted molar refractivity (Wildman–Crippen MR) is 67.7 cm³/mol. The fourth-order valence-corrected chi connectivity index (χ4v) is 2.74. The Kier molecular flexibility index (Phi) is 2.47. The van der Waals surface area contributed by atoms with E-state index in [9.17, 15) is 0 Å². The van der Waals surface area contributed by atoms with Gasteiger partial charge in [0.1, 0.15) is 11.8 Å². The summed E-state index contributed by atoms with van der Waals surface area (Å²) in [5.41, 5.74) is 2.18. The fourth-order valence-electron chi connectivity index (χ4n) is 2.74. The molecular formula is C13H19N3O. The van der Waals surface area contributed by atoms with E-state index in [-0.39, 0.29) is 6.10 Å². The lowest BCUT2D eigenvalue weighted by Crippen LogP contribution is -2.59. The van der Waals surface area contributed by atoms with Crippen LogP contribution in [-0.4, -0.2) is 48.7 Å². The third-order valence-electron chi connectivity index (χ3n) is 3.75. The first-order chi connectivity index (χ1) is 8.15. The van der Waals surface area contributed by atoms with Crippen LogP contribution in [0.1, 0.15) is 12.6 Å². The number of likely N-dealkylation sites (N-methyl/N-ethyl adjacent to an activating group) is 1. The molecular weight excluding hydrogens is 214 g/mol. The summed E-state index contributed by atoms with van der Waals surface area (Å²) in [7, 11) is 2.17. The first kappa shape index (κ1) is 10.8. The van der Waals surface area contributed by atoms with E-state index >= 15 is 0 Å². The number of aryl methyl sites for hydroxylation is 1. The van der Waals surface area contributed by atoms with Crippen LogP contribution < -0.4 is 9.64 Å². The minimum atomic E-state index is 0.208. The molecule has 1 fully saturated rings. The standard InChI is InChI=1S/C13H19N3O/c1-9-4-5-11-13(14-9)17-10(2)12-8-15(3)6-7-16(11)12/h4-5,10,12H,6-8H2,1-3H3. The lowest BCUT2D eigenvalue weighted by molar-refractivity contribution is 0.119. The van der Waals surface area contributed by atoms with Crippen molar-refractivity contribution >= 4 is 5.69 Å². The van der Waals surface area contributed by atoms with E-state index < -0.39 is 0 Å². The van der Waals surface area contributed by atoms with Crippen molar-refractivity contribution in [2.75, 3.05) is 31.6 Å². The summed E-state index contributed by atoms with van der Waals surface area (Å²) >= 11 is 0. The van der Waals surface area contributed by atoms with Gasteiger partial charge in [-0.3, -0.25) is 0 Å². The third-order valence-corrected chi connectivity index (χ3v) is 3.75. The zero-order valence-electron chi connectivity index (χ0n) is 10.7. The van der Waals surface area contributed by atoms with Gasteiger partial charge >= 0.3 is 0 Å². The first-order valence-corrected chi connectivity index (χ1v) is 6.24. The molecule has 0 aromatic carbocycles. The number of rotatable bonds is 0. The largest absolute Gasteiger partial charge is 0.471 e. The molecule has 2 atom stereocenters. The number of nitrogens with zero attached hydrogens (tertiary/aromatic N) is 3. The quantitative estimate of drug-likeness (QED) is 0.675. The monoisotopic (exact) mass is 233 g/mol. The van der Waals surface area contributed by atoms with Gasteiger partial charge in [-0.2, -0.15) is 0 Å². The van der Waals surface area contributed by atoms with Crippen LogP contribution in [0.15, 0.2) is 12.1 Å². The van der Waals surface area contributed by atoms with Crippen molar-refractivity contribution in [1.82, 2.24) is 9.88 Å². The maximum absolute atomic E-state index is 5.95. The third kappa shape index (κ3) is 1.76. The van der Waals surface area contributed by atoms with Gasteiger partial charge in [-0.15, -0.1) is 0 Å². The Morgan fingerprint density at radius 1 is 1.35 bits per heavy atom. The zero-order valence-corrected chi connectivity index (χ0v) is 10.7. The van der Waals surface area contributed by atoms with Crippen LogP contribution in [-0.2, 0) is 0 Å². The summed E-state index contributed by atoms with van der Waals surface area (Å²) in [4.78, 5) is 9.32. The van der Waals surface area contributed by atoms with Crippen LogP contribution in [0, 0.1) is 6.92 Å². The molecule has 2 aliphatic rings. The SMILES string of the molecule is Cc1ccc2c(n1)OC(C)C1CN(C)CCN21. The van der Waals surface area contributed by atoms with Crippen molar-refractivity contribution in [1.29, 1.82) is 0 Å². The lowest BCUT2D eigenvalue weighted by atomic mass is 10.0. The van der Waals surface area contributed by atoms with Crippen LogP contribution in [0.4, 0.5) is 5.69 Å². The molecule has 17 heavy (non-hydrogen) atoms. The molecule has 1 saturated heterocycles. The Balaban J connectivity index is 1.99. The molecule has 0 bridgehead atoms. The number of aromatic nitrogens is 1. The van der Waals surface area contributed by atoms with E-state index in [1.165, 1.54) is 0 Å². The minimum absolute atomic E-state index is 0.208. The van der Waals surface area contributed by atoms with Crippen LogP contribution in [0.2, 0.25) is 0 Å². The van der Waals surface area contributed by atoms with E-state index in [4.69, 9.17) is 4.74 Å². The van der Waals surface area contributed by atoms with Crippen LogP contribution in [0.25, 0.3) is 0 Å². The van der Waals surface area contributed by atoms with E-state index in [1.54, 1.807) is 0 Å². The number of hydrogen-bond donors (Lipinski definition) is 0. The molecule has 4 nitrogen and oxygen atoms in total. The molecule has 2 aliphatic heterocycles. The molecule has 0 amide bonds. The zero-order chi connectivity index (χ0) is 12.0. The highest BCUT2D eigenvalue weighted by molar-refractivity contribution is 5.58. The Bertz CT molecular complexity index is 435. The van der Waals surface area contributed by atoms with E-state index in [0.717, 1.165) is 36.9 Å². The van der Waals surface area contributed by atoms with Gasteiger partial charge in [0.15, 0.2) is 0 Å². The minimum Gasteiger partial charge on any atom is -0.471 e. The summed E-state index contributed by atoms with van der Waals surface area (Å²) in [6.07, 6.45) is 0.208. The maximum Gasteiger partial charge on any atom is 0.238 e. The summed E-state index contributed by atoms with van der Waals surface area (Å²) < 4.78 is 5.95. The highest BCUT2D eigenvalue weighted by atomic mass is 16.5. The van der Waals surface area contributed by atoms with Crippen molar-refractivity contribution in [3.8, 4) is 5.88 Å². The molecule has 92 valence electrons. The molecule has 2 unspecified atom stereocenters. The van der Waals surface area contributed by atoms with Gasteiger partial charge in [-0.05, 0) is 33.0 Å². The van der Waals surface area contributed by atoms with Gasteiger partial charge in [-0.25, -0.2) is 4.98 Å². The number of fused-ring (bicyclic) bond motifs is 3. The number of piperazine rings is 1. The molecule has 0 aliphatic carbocycles. The van der Waals surface area contributed by atoms with Gasteiger partial charge in [0.25, 0.3) is 0 Å². The average molecular weight is 233 g/mol. The van der Waals surface area contributed by atoms with E-state index in [2.05, 4.69) is 40.9 Å². The molecule has 0 spiro atoms. The second kappa shape index (κ2) is 3.88. The van der Waals surface area contributed by atoms with Crippen LogP contribution >= 0.6 is 0 Å². The normalized spacial score (nSPS) is 28.3. The highest BCUT2D eigenvalue weighted by Crippen LogP contribution is 2.35. The Morgan fingerprint density at radius 3 is 3.00 bits per heavy atom. The molecule has 1 aromatic heterocycles. The maximum atomic E-state index is 5.95. The predicted octanol–water partition coefficient (Wildman–Crippen LogP) is 1.29. The fraction of sp³-hybridized carbons (Fsp3) is 0.615. The lowest BCUT2D eigenvalue weighted by Gasteiger charge is -2.47. The molecule has 3 rings (SSSR count). The van der Waals surface area contributed by atoms with Crippen molar-refractivity contribution in [3.63, 3.8) is 0 Å². The van der Waals surface area contributed by atoms with Gasteiger partial charge in [0.2, 0.25) is 5.88 Å². The smallest absolute Gasteiger partial charge is 0.238 e. The number of anilines is 1. The van der Waals surface area contributed by atoms with Crippen molar-refractivity contribution < 1.29 is 4.74 Å². The van der Waals surface area contributed by atoms with Crippen LogP contribution in [0.3, 0.4) is 0 Å².